The Labute approximate surface area is 204 Å². The number of nitrogens with zero attached hydrogens (tertiary/aromatic N) is 3. The molecule has 3 aliphatic rings. The number of nitrogens with one attached hydrogen (secondary N) is 1. The SMILES string of the molecule is CCNC(=O)[C@]12[C@@H]3CC=C[C@H]1N(S(=O)(=O)c1ccc(C)cc1)[C@H](c1ccc([N+](=O)[O-])cc1)N2CC3. The minimum absolute atomic E-state index is 0.0391. The summed E-state index contributed by atoms with van der Waals surface area (Å²) in [6.45, 7) is 4.72. The molecule has 2 aromatic carbocycles. The number of nitro groups is 1. The largest absolute Gasteiger partial charge is 0.355 e. The van der Waals surface area contributed by atoms with Gasteiger partial charge in [0.25, 0.3) is 5.69 Å². The van der Waals surface area contributed by atoms with Crippen LogP contribution in [-0.4, -0.2) is 53.1 Å². The molecule has 1 amide bonds. The monoisotopic (exact) mass is 496 g/mol. The molecule has 0 bridgehead atoms. The highest BCUT2D eigenvalue weighted by atomic mass is 32.2. The predicted octanol–water partition coefficient (Wildman–Crippen LogP) is 3.13. The third kappa shape index (κ3) is 3.42. The molecule has 9 nitrogen and oxygen atoms in total. The van der Waals surface area contributed by atoms with Crippen LogP contribution >= 0.6 is 0 Å². The minimum Gasteiger partial charge on any atom is -0.355 e. The number of hydrogen-bond donors (Lipinski definition) is 1. The number of carbonyl (C=O) groups is 1. The Kier molecular flexibility index (Phi) is 5.77. The van der Waals surface area contributed by atoms with E-state index in [4.69, 9.17) is 0 Å². The summed E-state index contributed by atoms with van der Waals surface area (Å²) in [5.41, 5.74) is 0.414. The fourth-order valence-electron chi connectivity index (χ4n) is 6.02. The van der Waals surface area contributed by atoms with Gasteiger partial charge in [0, 0.05) is 25.2 Å². The van der Waals surface area contributed by atoms with Gasteiger partial charge in [0.05, 0.1) is 15.9 Å². The highest BCUT2D eigenvalue weighted by Gasteiger charge is 2.70. The molecular weight excluding hydrogens is 468 g/mol. The summed E-state index contributed by atoms with van der Waals surface area (Å²) in [6.07, 6.45) is 4.51. The van der Waals surface area contributed by atoms with Crippen LogP contribution in [0.3, 0.4) is 0 Å². The van der Waals surface area contributed by atoms with E-state index < -0.39 is 32.7 Å². The Bertz CT molecular complexity index is 1290. The molecule has 35 heavy (non-hydrogen) atoms. The number of sulfonamides is 1. The van der Waals surface area contributed by atoms with Crippen molar-refractivity contribution < 1.29 is 18.1 Å². The van der Waals surface area contributed by atoms with Crippen molar-refractivity contribution in [3.8, 4) is 0 Å². The number of likely N-dealkylation sites (N-methyl/N-ethyl adjacent to an activating group) is 1. The Morgan fingerprint density at radius 1 is 1.17 bits per heavy atom. The summed E-state index contributed by atoms with van der Waals surface area (Å²) in [5, 5.41) is 14.2. The lowest BCUT2D eigenvalue weighted by Gasteiger charge is -2.41. The first kappa shape index (κ1) is 23.7. The van der Waals surface area contributed by atoms with Crippen molar-refractivity contribution in [1.82, 2.24) is 14.5 Å². The number of hydrogen-bond acceptors (Lipinski definition) is 6. The third-order valence-corrected chi connectivity index (χ3v) is 9.37. The maximum Gasteiger partial charge on any atom is 0.269 e. The van der Waals surface area contributed by atoms with Gasteiger partial charge in [-0.15, -0.1) is 0 Å². The molecule has 2 fully saturated rings. The van der Waals surface area contributed by atoms with Gasteiger partial charge in [0.15, 0.2) is 0 Å². The molecule has 1 aliphatic carbocycles. The second-order valence-corrected chi connectivity index (χ2v) is 11.2. The van der Waals surface area contributed by atoms with Gasteiger partial charge in [0.1, 0.15) is 11.7 Å². The van der Waals surface area contributed by atoms with Crippen LogP contribution in [-0.2, 0) is 14.8 Å². The summed E-state index contributed by atoms with van der Waals surface area (Å²) >= 11 is 0. The maximum absolute atomic E-state index is 14.2. The smallest absolute Gasteiger partial charge is 0.269 e. The van der Waals surface area contributed by atoms with Gasteiger partial charge < -0.3 is 5.32 Å². The topological polar surface area (TPSA) is 113 Å². The number of non-ortho nitro benzene ring substituents is 1. The first-order valence-electron chi connectivity index (χ1n) is 11.8. The van der Waals surface area contributed by atoms with Gasteiger partial charge in [-0.05, 0) is 62.4 Å². The molecule has 0 spiro atoms. The number of carbonyl (C=O) groups excluding carboxylic acids is 1. The van der Waals surface area contributed by atoms with Gasteiger partial charge >= 0.3 is 0 Å². The number of amides is 1. The average Bonchev–Trinajstić information content (AvgIpc) is 3.38. The Morgan fingerprint density at radius 2 is 1.86 bits per heavy atom. The van der Waals surface area contributed by atoms with Gasteiger partial charge in [0.2, 0.25) is 15.9 Å². The maximum atomic E-state index is 14.2. The Hall–Kier alpha value is -3.08. The number of benzene rings is 2. The van der Waals surface area contributed by atoms with Crippen molar-refractivity contribution in [1.29, 1.82) is 0 Å². The summed E-state index contributed by atoms with van der Waals surface area (Å²) in [4.78, 5) is 26.7. The number of allylic oxidation sites excluding steroid dienone is 1. The van der Waals surface area contributed by atoms with Crippen molar-refractivity contribution in [3.05, 3.63) is 81.9 Å². The molecule has 0 unspecified atom stereocenters. The van der Waals surface area contributed by atoms with Crippen molar-refractivity contribution >= 4 is 21.6 Å². The predicted molar refractivity (Wildman–Crippen MR) is 130 cm³/mol. The standard InChI is InChI=1S/C25H28N4O5S/c1-3-26-24(30)25-19-5-4-6-22(25)28(35(33,34)21-13-7-17(2)8-14-21)23(27(25)16-15-19)18-9-11-20(12-10-18)29(31)32/h4,6-14,19,22-23H,3,5,15-16H2,1-2H3,(H,26,30)/t19-,22-,23-,25+/m1/s1. The molecule has 2 saturated heterocycles. The van der Waals surface area contributed by atoms with Crippen molar-refractivity contribution in [2.45, 2.75) is 49.3 Å². The zero-order chi connectivity index (χ0) is 25.0. The van der Waals surface area contributed by atoms with Gasteiger partial charge in [-0.1, -0.05) is 29.8 Å². The first-order chi connectivity index (χ1) is 16.7. The zero-order valence-corrected chi connectivity index (χ0v) is 20.4. The number of nitro benzene ring substituents is 1. The van der Waals surface area contributed by atoms with Crippen LogP contribution in [0.4, 0.5) is 5.69 Å². The lowest BCUT2D eigenvalue weighted by Crippen LogP contribution is -2.63. The fraction of sp³-hybridized carbons (Fsp3) is 0.400. The second kappa shape index (κ2) is 8.54. The second-order valence-electron chi connectivity index (χ2n) is 9.34. The molecular formula is C25H28N4O5S. The summed E-state index contributed by atoms with van der Waals surface area (Å²) in [5.74, 6) is -0.215. The molecule has 0 radical (unpaired) electrons. The molecule has 2 aliphatic heterocycles. The molecule has 184 valence electrons. The Balaban J connectivity index is 1.73. The van der Waals surface area contributed by atoms with Crippen LogP contribution in [0, 0.1) is 23.0 Å². The number of aryl methyl sites for hydroxylation is 1. The summed E-state index contributed by atoms with van der Waals surface area (Å²) < 4.78 is 29.8. The molecule has 2 heterocycles. The molecule has 0 saturated carbocycles. The molecule has 5 rings (SSSR count). The average molecular weight is 497 g/mol. The lowest BCUT2D eigenvalue weighted by atomic mass is 9.73. The van der Waals surface area contributed by atoms with E-state index in [1.807, 2.05) is 30.9 Å². The van der Waals surface area contributed by atoms with E-state index in [-0.39, 0.29) is 22.4 Å². The molecule has 10 heteroatoms. The van der Waals surface area contributed by atoms with Gasteiger partial charge in [-0.2, -0.15) is 4.31 Å². The van der Waals surface area contributed by atoms with Crippen molar-refractivity contribution in [2.24, 2.45) is 5.92 Å². The van der Waals surface area contributed by atoms with E-state index in [2.05, 4.69) is 5.32 Å². The highest BCUT2D eigenvalue weighted by molar-refractivity contribution is 7.89. The van der Waals surface area contributed by atoms with Crippen molar-refractivity contribution in [3.63, 3.8) is 0 Å². The van der Waals surface area contributed by atoms with E-state index in [9.17, 15) is 23.3 Å². The van der Waals surface area contributed by atoms with E-state index in [0.717, 1.165) is 12.0 Å². The molecule has 2 aromatic rings. The highest BCUT2D eigenvalue weighted by Crippen LogP contribution is 2.57. The summed E-state index contributed by atoms with van der Waals surface area (Å²) in [6, 6.07) is 11.9. The zero-order valence-electron chi connectivity index (χ0n) is 19.6. The van der Waals surface area contributed by atoms with Crippen LogP contribution in [0.25, 0.3) is 0 Å². The molecule has 4 atom stereocenters. The van der Waals surface area contributed by atoms with Crippen LogP contribution < -0.4 is 5.32 Å². The normalized spacial score (nSPS) is 28.1. The first-order valence-corrected chi connectivity index (χ1v) is 13.2. The minimum atomic E-state index is -4.03. The Morgan fingerprint density at radius 3 is 2.49 bits per heavy atom. The summed E-state index contributed by atoms with van der Waals surface area (Å²) in [7, 11) is -4.03. The third-order valence-electron chi connectivity index (χ3n) is 7.52. The van der Waals surface area contributed by atoms with Gasteiger partial charge in [-0.3, -0.25) is 19.8 Å². The van der Waals surface area contributed by atoms with Crippen LogP contribution in [0.2, 0.25) is 0 Å². The van der Waals surface area contributed by atoms with E-state index in [1.165, 1.54) is 16.4 Å². The lowest BCUT2D eigenvalue weighted by molar-refractivity contribution is -0.384. The quantitative estimate of drug-likeness (QED) is 0.374. The van der Waals surface area contributed by atoms with E-state index >= 15 is 0 Å². The van der Waals surface area contributed by atoms with E-state index in [1.54, 1.807) is 36.4 Å². The van der Waals surface area contributed by atoms with Crippen LogP contribution in [0.15, 0.2) is 65.6 Å². The van der Waals surface area contributed by atoms with Crippen molar-refractivity contribution in [2.75, 3.05) is 13.1 Å². The fourth-order valence-corrected chi connectivity index (χ4v) is 7.77. The van der Waals surface area contributed by atoms with Crippen LogP contribution in [0.1, 0.15) is 37.1 Å². The van der Waals surface area contributed by atoms with Crippen LogP contribution in [0.5, 0.6) is 0 Å². The molecule has 0 aromatic heterocycles. The van der Waals surface area contributed by atoms with Gasteiger partial charge in [-0.25, -0.2) is 8.42 Å². The molecule has 1 N–H and O–H groups in total. The van der Waals surface area contributed by atoms with E-state index in [0.29, 0.717) is 25.1 Å². The number of rotatable bonds is 6.